The summed E-state index contributed by atoms with van der Waals surface area (Å²) in [5.41, 5.74) is 1.66. The smallest absolute Gasteiger partial charge is 0.0547 e. The normalized spacial score (nSPS) is 22.9. The third-order valence-corrected chi connectivity index (χ3v) is 4.23. The zero-order valence-corrected chi connectivity index (χ0v) is 13.1. The maximum absolute atomic E-state index is 5.68. The lowest BCUT2D eigenvalue weighted by molar-refractivity contribution is 0.0897. The molecule has 0 bridgehead atoms. The van der Waals surface area contributed by atoms with Crippen LogP contribution in [0, 0.1) is 5.41 Å². The Morgan fingerprint density at radius 3 is 2.60 bits per heavy atom. The number of rotatable bonds is 7. The van der Waals surface area contributed by atoms with Crippen molar-refractivity contribution in [3.8, 4) is 0 Å². The first-order valence-electron chi connectivity index (χ1n) is 7.65. The third-order valence-electron chi connectivity index (χ3n) is 4.23. The first-order valence-corrected chi connectivity index (χ1v) is 7.65. The Bertz CT molecular complexity index is 385. The molecule has 0 radical (unpaired) electrons. The Labute approximate surface area is 123 Å². The molecule has 0 aliphatic carbocycles. The molecule has 1 aromatic rings. The molecule has 1 fully saturated rings. The van der Waals surface area contributed by atoms with Crippen LogP contribution in [0.1, 0.15) is 25.8 Å². The molecule has 1 aromatic carbocycles. The average Bonchev–Trinajstić information content (AvgIpc) is 2.88. The van der Waals surface area contributed by atoms with Crippen LogP contribution in [0.2, 0.25) is 0 Å². The quantitative estimate of drug-likeness (QED) is 0.828. The van der Waals surface area contributed by atoms with Gasteiger partial charge in [0.05, 0.1) is 6.61 Å². The van der Waals surface area contributed by atoms with Gasteiger partial charge in [0.25, 0.3) is 0 Å². The summed E-state index contributed by atoms with van der Waals surface area (Å²) in [6.45, 7) is 9.50. The van der Waals surface area contributed by atoms with Gasteiger partial charge in [0.15, 0.2) is 0 Å². The van der Waals surface area contributed by atoms with E-state index in [1.807, 2.05) is 7.05 Å². The minimum atomic E-state index is 0.272. The molecule has 0 amide bonds. The van der Waals surface area contributed by atoms with Gasteiger partial charge in [-0.25, -0.2) is 0 Å². The van der Waals surface area contributed by atoms with Gasteiger partial charge in [-0.1, -0.05) is 30.3 Å². The van der Waals surface area contributed by atoms with Gasteiger partial charge in [-0.05, 0) is 32.9 Å². The van der Waals surface area contributed by atoms with Crippen molar-refractivity contribution in [1.82, 2.24) is 10.2 Å². The van der Waals surface area contributed by atoms with Crippen molar-refractivity contribution in [2.45, 2.75) is 32.9 Å². The largest absolute Gasteiger partial charge is 0.381 e. The molecule has 1 heterocycles. The fraction of sp³-hybridized carbons (Fsp3) is 0.647. The maximum Gasteiger partial charge on any atom is 0.0547 e. The number of nitrogens with zero attached hydrogens (tertiary/aromatic N) is 1. The van der Waals surface area contributed by atoms with E-state index >= 15 is 0 Å². The molecule has 1 saturated heterocycles. The van der Waals surface area contributed by atoms with Gasteiger partial charge >= 0.3 is 0 Å². The fourth-order valence-electron chi connectivity index (χ4n) is 3.01. The van der Waals surface area contributed by atoms with Gasteiger partial charge in [0, 0.05) is 37.7 Å². The van der Waals surface area contributed by atoms with Crippen molar-refractivity contribution >= 4 is 0 Å². The van der Waals surface area contributed by atoms with Crippen LogP contribution in [0.5, 0.6) is 0 Å². The highest BCUT2D eigenvalue weighted by molar-refractivity contribution is 5.14. The molecule has 3 nitrogen and oxygen atoms in total. The molecule has 0 spiro atoms. The lowest BCUT2D eigenvalue weighted by Crippen LogP contribution is -2.46. The molecule has 1 N–H and O–H groups in total. The lowest BCUT2D eigenvalue weighted by Gasteiger charge is -2.36. The van der Waals surface area contributed by atoms with Crippen molar-refractivity contribution in [2.24, 2.45) is 5.41 Å². The van der Waals surface area contributed by atoms with Crippen LogP contribution >= 0.6 is 0 Å². The number of benzene rings is 1. The zero-order valence-electron chi connectivity index (χ0n) is 13.1. The van der Waals surface area contributed by atoms with E-state index in [0.29, 0.717) is 6.04 Å². The predicted octanol–water partition coefficient (Wildman–Crippen LogP) is 2.52. The van der Waals surface area contributed by atoms with Crippen molar-refractivity contribution in [2.75, 3.05) is 33.4 Å². The molecular formula is C17H28N2O. The predicted molar refractivity (Wildman–Crippen MR) is 83.8 cm³/mol. The van der Waals surface area contributed by atoms with E-state index in [1.54, 1.807) is 0 Å². The van der Waals surface area contributed by atoms with Gasteiger partial charge in [0.2, 0.25) is 0 Å². The van der Waals surface area contributed by atoms with Crippen LogP contribution in [0.3, 0.4) is 0 Å². The van der Waals surface area contributed by atoms with Gasteiger partial charge in [-0.15, -0.1) is 0 Å². The van der Waals surface area contributed by atoms with Crippen molar-refractivity contribution in [3.63, 3.8) is 0 Å². The Morgan fingerprint density at radius 1 is 1.30 bits per heavy atom. The molecule has 20 heavy (non-hydrogen) atoms. The van der Waals surface area contributed by atoms with E-state index in [4.69, 9.17) is 4.74 Å². The number of hydrogen-bond acceptors (Lipinski definition) is 3. The van der Waals surface area contributed by atoms with Crippen LogP contribution < -0.4 is 5.32 Å². The van der Waals surface area contributed by atoms with E-state index in [-0.39, 0.29) is 5.41 Å². The Hall–Kier alpha value is -0.900. The molecule has 1 aliphatic heterocycles. The lowest BCUT2D eigenvalue weighted by atomic mass is 9.86. The second-order valence-corrected chi connectivity index (χ2v) is 6.32. The summed E-state index contributed by atoms with van der Waals surface area (Å²) in [7, 11) is 2.04. The molecule has 112 valence electrons. The number of ether oxygens (including phenoxy) is 1. The fourth-order valence-corrected chi connectivity index (χ4v) is 3.01. The van der Waals surface area contributed by atoms with E-state index in [2.05, 4.69) is 54.4 Å². The topological polar surface area (TPSA) is 24.5 Å². The van der Waals surface area contributed by atoms with Crippen LogP contribution in [0.4, 0.5) is 0 Å². The monoisotopic (exact) mass is 276 g/mol. The highest BCUT2D eigenvalue weighted by Crippen LogP contribution is 2.30. The van der Waals surface area contributed by atoms with Crippen molar-refractivity contribution in [3.05, 3.63) is 35.9 Å². The van der Waals surface area contributed by atoms with E-state index < -0.39 is 0 Å². The molecule has 1 atom stereocenters. The minimum absolute atomic E-state index is 0.272. The molecule has 2 rings (SSSR count). The van der Waals surface area contributed by atoms with Crippen LogP contribution in [0.15, 0.2) is 30.3 Å². The standard InChI is InChI=1S/C17H28N2O/c1-15(2)19(11-16-7-5-4-6-8-16)13-17(12-18-3)9-10-20-14-17/h4-8,15,18H,9-14H2,1-3H3. The van der Waals surface area contributed by atoms with Gasteiger partial charge in [0.1, 0.15) is 0 Å². The molecule has 1 unspecified atom stereocenters. The summed E-state index contributed by atoms with van der Waals surface area (Å²) < 4.78 is 5.68. The Kier molecular flexibility index (Phi) is 5.58. The second-order valence-electron chi connectivity index (χ2n) is 6.32. The molecule has 1 aliphatic rings. The molecule has 3 heteroatoms. The minimum Gasteiger partial charge on any atom is -0.381 e. The first-order chi connectivity index (χ1) is 9.65. The van der Waals surface area contributed by atoms with Crippen molar-refractivity contribution < 1.29 is 4.74 Å². The average molecular weight is 276 g/mol. The van der Waals surface area contributed by atoms with Crippen molar-refractivity contribution in [1.29, 1.82) is 0 Å². The highest BCUT2D eigenvalue weighted by atomic mass is 16.5. The summed E-state index contributed by atoms with van der Waals surface area (Å²) in [5.74, 6) is 0. The SMILES string of the molecule is CNCC1(CN(Cc2ccccc2)C(C)C)CCOC1. The van der Waals surface area contributed by atoms with E-state index in [9.17, 15) is 0 Å². The molecule has 0 saturated carbocycles. The zero-order chi connectivity index (χ0) is 14.4. The summed E-state index contributed by atoms with van der Waals surface area (Å²) in [4.78, 5) is 2.57. The molecular weight excluding hydrogens is 248 g/mol. The second kappa shape index (κ2) is 7.21. The summed E-state index contributed by atoms with van der Waals surface area (Å²) in [6.07, 6.45) is 1.16. The van der Waals surface area contributed by atoms with Gasteiger partial charge in [-0.3, -0.25) is 4.90 Å². The van der Waals surface area contributed by atoms with Crippen LogP contribution in [-0.2, 0) is 11.3 Å². The van der Waals surface area contributed by atoms with E-state index in [0.717, 1.165) is 39.3 Å². The number of hydrogen-bond donors (Lipinski definition) is 1. The van der Waals surface area contributed by atoms with Gasteiger partial charge < -0.3 is 10.1 Å². The van der Waals surface area contributed by atoms with Gasteiger partial charge in [-0.2, -0.15) is 0 Å². The summed E-state index contributed by atoms with van der Waals surface area (Å²) in [5, 5.41) is 3.35. The maximum atomic E-state index is 5.68. The van der Waals surface area contributed by atoms with Crippen LogP contribution in [-0.4, -0.2) is 44.3 Å². The molecule has 0 aromatic heterocycles. The number of nitrogens with one attached hydrogen (secondary N) is 1. The summed E-state index contributed by atoms with van der Waals surface area (Å²) >= 11 is 0. The van der Waals surface area contributed by atoms with E-state index in [1.165, 1.54) is 5.56 Å². The first kappa shape index (κ1) is 15.5. The Morgan fingerprint density at radius 2 is 2.05 bits per heavy atom. The Balaban J connectivity index is 2.04. The highest BCUT2D eigenvalue weighted by Gasteiger charge is 2.36. The summed E-state index contributed by atoms with van der Waals surface area (Å²) in [6, 6.07) is 11.3. The third kappa shape index (κ3) is 4.05. The van der Waals surface area contributed by atoms with Crippen LogP contribution in [0.25, 0.3) is 0 Å².